The van der Waals surface area contributed by atoms with Crippen LogP contribution < -0.4 is 11.2 Å². The third kappa shape index (κ3) is 2.38. The third-order valence-corrected chi connectivity index (χ3v) is 5.93. The number of carbonyl (C=O) groups is 1. The number of thiophene rings is 1. The molecule has 0 unspecified atom stereocenters. The maximum Gasteiger partial charge on any atom is 0.239 e. The molecular formula is C18H16BN3O2S. The average molecular weight is 349 g/mol. The first kappa shape index (κ1) is 16.0. The van der Waals surface area contributed by atoms with E-state index in [1.807, 2.05) is 42.6 Å². The van der Waals surface area contributed by atoms with E-state index in [0.717, 1.165) is 21.4 Å². The van der Waals surface area contributed by atoms with E-state index in [-0.39, 0.29) is 11.9 Å². The molecule has 124 valence electrons. The van der Waals surface area contributed by atoms with Crippen LogP contribution in [-0.2, 0) is 10.3 Å². The van der Waals surface area contributed by atoms with Crippen LogP contribution in [0.1, 0.15) is 23.3 Å². The van der Waals surface area contributed by atoms with Gasteiger partial charge >= 0.3 is 0 Å². The first-order valence-corrected chi connectivity index (χ1v) is 8.72. The first-order valence-electron chi connectivity index (χ1n) is 7.84. The van der Waals surface area contributed by atoms with E-state index in [1.165, 1.54) is 16.2 Å². The summed E-state index contributed by atoms with van der Waals surface area (Å²) in [6, 6.07) is 9.51. The summed E-state index contributed by atoms with van der Waals surface area (Å²) in [5.74, 6) is -0.382. The van der Waals surface area contributed by atoms with Gasteiger partial charge in [-0.05, 0) is 36.1 Å². The molecule has 0 saturated heterocycles. The van der Waals surface area contributed by atoms with Crippen molar-refractivity contribution < 1.29 is 9.21 Å². The highest BCUT2D eigenvalue weighted by Gasteiger charge is 2.47. The second-order valence-electron chi connectivity index (χ2n) is 6.41. The highest BCUT2D eigenvalue weighted by Crippen LogP contribution is 2.45. The second-order valence-corrected chi connectivity index (χ2v) is 7.32. The Bertz CT molecular complexity index is 1010. The summed E-state index contributed by atoms with van der Waals surface area (Å²) in [6.45, 7) is 1.93. The van der Waals surface area contributed by atoms with Crippen LogP contribution in [0.4, 0.5) is 0 Å². The zero-order valence-corrected chi connectivity index (χ0v) is 14.7. The molecule has 2 atom stereocenters. The molecule has 2 aromatic heterocycles. The van der Waals surface area contributed by atoms with E-state index < -0.39 is 11.5 Å². The molecule has 3 aromatic rings. The molecule has 2 N–H and O–H groups in total. The Kier molecular flexibility index (Phi) is 3.51. The van der Waals surface area contributed by atoms with Gasteiger partial charge in [0, 0.05) is 17.3 Å². The monoisotopic (exact) mass is 349 g/mol. The van der Waals surface area contributed by atoms with Gasteiger partial charge in [-0.25, -0.2) is 4.99 Å². The topological polar surface area (TPSA) is 71.8 Å². The smallest absolute Gasteiger partial charge is 0.239 e. The number of aliphatic imine (C=N–C) groups is 1. The lowest BCUT2D eigenvalue weighted by Gasteiger charge is -2.40. The Morgan fingerprint density at radius 3 is 2.88 bits per heavy atom. The lowest BCUT2D eigenvalue weighted by Crippen LogP contribution is -2.52. The van der Waals surface area contributed by atoms with Gasteiger partial charge in [0.05, 0.1) is 12.2 Å². The van der Waals surface area contributed by atoms with Gasteiger partial charge < -0.3 is 10.2 Å². The van der Waals surface area contributed by atoms with Gasteiger partial charge in [0.2, 0.25) is 5.91 Å². The van der Waals surface area contributed by atoms with Gasteiger partial charge in [-0.1, -0.05) is 17.6 Å². The maximum absolute atomic E-state index is 13.1. The van der Waals surface area contributed by atoms with Crippen LogP contribution in [0.2, 0.25) is 0 Å². The van der Waals surface area contributed by atoms with Gasteiger partial charge in [0.1, 0.15) is 19.0 Å². The number of amides is 1. The van der Waals surface area contributed by atoms with E-state index >= 15 is 0 Å². The summed E-state index contributed by atoms with van der Waals surface area (Å²) in [5, 5.41) is 2.80. The van der Waals surface area contributed by atoms with E-state index in [1.54, 1.807) is 13.3 Å². The standard InChI is InChI=1S/C18H16BN3O2S/c1-18(14-8-12(19)9-25-14)15(16(23)22(2)17(20)21-18)11-3-4-13-10(7-11)5-6-24-13/h3-9,15H,1-2H3,(H2,20,21)/t15-,18+/m0/s1. The van der Waals surface area contributed by atoms with E-state index in [0.29, 0.717) is 5.46 Å². The zero-order chi connectivity index (χ0) is 17.8. The van der Waals surface area contributed by atoms with E-state index in [9.17, 15) is 4.79 Å². The third-order valence-electron chi connectivity index (χ3n) is 4.76. The van der Waals surface area contributed by atoms with Gasteiger partial charge in [-0.2, -0.15) is 0 Å². The molecule has 2 radical (unpaired) electrons. The van der Waals surface area contributed by atoms with Gasteiger partial charge in [0.15, 0.2) is 5.96 Å². The number of benzene rings is 1. The predicted molar refractivity (Wildman–Crippen MR) is 100 cm³/mol. The van der Waals surface area contributed by atoms with Crippen LogP contribution in [-0.4, -0.2) is 31.7 Å². The predicted octanol–water partition coefficient (Wildman–Crippen LogP) is 2.07. The molecule has 1 amide bonds. The van der Waals surface area contributed by atoms with Crippen molar-refractivity contribution >= 4 is 47.5 Å². The SMILES string of the molecule is [B]c1csc([C@@]2(C)N=C(N)N(C)C(=O)[C@@H]2c2ccc3occc3c2)c1. The molecule has 0 saturated carbocycles. The van der Waals surface area contributed by atoms with Crippen LogP contribution in [0.25, 0.3) is 11.0 Å². The number of fused-ring (bicyclic) bond motifs is 1. The molecule has 7 heteroatoms. The minimum absolute atomic E-state index is 0.0928. The van der Waals surface area contributed by atoms with E-state index in [2.05, 4.69) is 4.99 Å². The number of guanidine groups is 1. The summed E-state index contributed by atoms with van der Waals surface area (Å²) < 4.78 is 5.41. The van der Waals surface area contributed by atoms with Crippen LogP contribution in [0, 0.1) is 0 Å². The number of hydrogen-bond acceptors (Lipinski definition) is 5. The fourth-order valence-corrected chi connectivity index (χ4v) is 4.31. The average Bonchev–Trinajstić information content (AvgIpc) is 3.21. The molecule has 3 heterocycles. The summed E-state index contributed by atoms with van der Waals surface area (Å²) in [6.07, 6.45) is 1.64. The van der Waals surface area contributed by atoms with Crippen molar-refractivity contribution in [2.75, 3.05) is 7.05 Å². The fourth-order valence-electron chi connectivity index (χ4n) is 3.37. The molecule has 4 rings (SSSR count). The molecule has 1 aromatic carbocycles. The van der Waals surface area contributed by atoms with Crippen molar-refractivity contribution in [3.8, 4) is 0 Å². The number of rotatable bonds is 2. The molecule has 0 fully saturated rings. The maximum atomic E-state index is 13.1. The van der Waals surface area contributed by atoms with Crippen LogP contribution >= 0.6 is 11.3 Å². The normalized spacial score (nSPS) is 23.9. The minimum atomic E-state index is -0.812. The highest BCUT2D eigenvalue weighted by molar-refractivity contribution is 7.11. The molecular weight excluding hydrogens is 333 g/mol. The Labute approximate surface area is 150 Å². The number of nitrogens with zero attached hydrogens (tertiary/aromatic N) is 2. The highest BCUT2D eigenvalue weighted by atomic mass is 32.1. The second kappa shape index (κ2) is 5.49. The van der Waals surface area contributed by atoms with Crippen molar-refractivity contribution in [2.24, 2.45) is 10.7 Å². The number of likely N-dealkylation sites (N-methyl/N-ethyl adjacent to an activating group) is 1. The molecule has 25 heavy (non-hydrogen) atoms. The molecule has 0 bridgehead atoms. The molecule has 1 aliphatic heterocycles. The van der Waals surface area contributed by atoms with Gasteiger partial charge in [0.25, 0.3) is 0 Å². The van der Waals surface area contributed by atoms with Gasteiger partial charge in [-0.3, -0.25) is 9.69 Å². The summed E-state index contributed by atoms with van der Waals surface area (Å²) >= 11 is 1.49. The molecule has 0 aliphatic carbocycles. The minimum Gasteiger partial charge on any atom is -0.464 e. The fraction of sp³-hybridized carbons (Fsp3) is 0.222. The van der Waals surface area contributed by atoms with Crippen LogP contribution in [0.3, 0.4) is 0 Å². The van der Waals surface area contributed by atoms with Gasteiger partial charge in [-0.15, -0.1) is 11.3 Å². The summed E-state index contributed by atoms with van der Waals surface area (Å²) in [7, 11) is 7.55. The van der Waals surface area contributed by atoms with Crippen molar-refractivity contribution in [3.63, 3.8) is 0 Å². The lowest BCUT2D eigenvalue weighted by molar-refractivity contribution is -0.130. The van der Waals surface area contributed by atoms with Crippen molar-refractivity contribution in [2.45, 2.75) is 18.4 Å². The number of hydrogen-bond donors (Lipinski definition) is 1. The number of furan rings is 1. The molecule has 1 aliphatic rings. The summed E-state index contributed by atoms with van der Waals surface area (Å²) in [4.78, 5) is 20.1. The number of nitrogens with two attached hydrogens (primary N) is 1. The van der Waals surface area contributed by atoms with Crippen molar-refractivity contribution in [1.82, 2.24) is 4.90 Å². The largest absolute Gasteiger partial charge is 0.464 e. The number of carbonyl (C=O) groups excluding carboxylic acids is 1. The van der Waals surface area contributed by atoms with Crippen molar-refractivity contribution in [3.05, 3.63) is 52.4 Å². The molecule has 5 nitrogen and oxygen atoms in total. The summed E-state index contributed by atoms with van der Waals surface area (Å²) in [5.41, 5.74) is 7.52. The lowest BCUT2D eigenvalue weighted by atomic mass is 9.77. The van der Waals surface area contributed by atoms with Crippen LogP contribution in [0.15, 0.2) is 51.4 Å². The molecule has 0 spiro atoms. The Balaban J connectivity index is 1.93. The Morgan fingerprint density at radius 2 is 2.16 bits per heavy atom. The quantitative estimate of drug-likeness (QED) is 0.720. The first-order chi connectivity index (χ1) is 11.9. The van der Waals surface area contributed by atoms with E-state index in [4.69, 9.17) is 18.0 Å². The zero-order valence-electron chi connectivity index (χ0n) is 13.9. The van der Waals surface area contributed by atoms with Crippen molar-refractivity contribution in [1.29, 1.82) is 0 Å². The Morgan fingerprint density at radius 1 is 1.36 bits per heavy atom. The van der Waals surface area contributed by atoms with Crippen LogP contribution in [0.5, 0.6) is 0 Å². The Hall–Kier alpha value is -2.54.